The number of amides is 1. The zero-order valence-electron chi connectivity index (χ0n) is 12.6. The number of hydrogen-bond acceptors (Lipinski definition) is 4. The molecular weight excluding hydrogens is 341 g/mol. The Hall–Kier alpha value is -0.360. The molecule has 4 nitrogen and oxygen atoms in total. The van der Waals surface area contributed by atoms with E-state index in [-0.39, 0.29) is 36.6 Å². The quantitative estimate of drug-likeness (QED) is 0.861. The number of carbonyl (C=O) groups excluding carboxylic acids is 1. The monoisotopic (exact) mass is 365 g/mol. The van der Waals surface area contributed by atoms with Crippen LogP contribution in [0.3, 0.4) is 0 Å². The lowest BCUT2D eigenvalue weighted by molar-refractivity contribution is -0.127. The number of nitrogens with two attached hydrogens (primary N) is 1. The van der Waals surface area contributed by atoms with Gasteiger partial charge in [-0.3, -0.25) is 4.79 Å². The van der Waals surface area contributed by atoms with E-state index in [1.54, 1.807) is 11.3 Å². The first kappa shape index (κ1) is 19.7. The zero-order valence-corrected chi connectivity index (χ0v) is 15.0. The summed E-state index contributed by atoms with van der Waals surface area (Å²) in [6.45, 7) is 0.699. The van der Waals surface area contributed by atoms with Crippen molar-refractivity contribution in [3.63, 3.8) is 0 Å². The summed E-state index contributed by atoms with van der Waals surface area (Å²) in [7, 11) is 0. The Labute approximate surface area is 148 Å². The molecule has 7 heteroatoms. The lowest BCUT2D eigenvalue weighted by Gasteiger charge is -2.43. The van der Waals surface area contributed by atoms with E-state index >= 15 is 0 Å². The molecule has 1 amide bonds. The van der Waals surface area contributed by atoms with Crippen molar-refractivity contribution >= 4 is 42.1 Å². The first-order chi connectivity index (χ1) is 9.74. The minimum Gasteiger partial charge on any atom is -0.355 e. The molecule has 0 aliphatic heterocycles. The van der Waals surface area contributed by atoms with Crippen LogP contribution in [0, 0.1) is 17.8 Å². The Kier molecular flexibility index (Phi) is 8.11. The molecule has 1 heterocycles. The second-order valence-corrected chi connectivity index (χ2v) is 7.14. The van der Waals surface area contributed by atoms with Gasteiger partial charge >= 0.3 is 0 Å². The van der Waals surface area contributed by atoms with Crippen LogP contribution in [0.4, 0.5) is 0 Å². The minimum atomic E-state index is 0. The van der Waals surface area contributed by atoms with E-state index in [2.05, 4.69) is 10.3 Å². The van der Waals surface area contributed by atoms with Gasteiger partial charge in [-0.25, -0.2) is 4.98 Å². The smallest absolute Gasteiger partial charge is 0.223 e. The van der Waals surface area contributed by atoms with Crippen LogP contribution in [0.1, 0.15) is 37.1 Å². The van der Waals surface area contributed by atoms with Gasteiger partial charge in [0.2, 0.25) is 5.91 Å². The summed E-state index contributed by atoms with van der Waals surface area (Å²) < 4.78 is 0. The minimum absolute atomic E-state index is 0. The van der Waals surface area contributed by atoms with Crippen LogP contribution in [0.5, 0.6) is 0 Å². The van der Waals surface area contributed by atoms with Crippen LogP contribution in [0.2, 0.25) is 0 Å². The number of aromatic nitrogens is 1. The lowest BCUT2D eigenvalue weighted by atomic mass is 9.65. The van der Waals surface area contributed by atoms with E-state index in [9.17, 15) is 4.79 Å². The molecule has 0 radical (unpaired) electrons. The molecule has 2 bridgehead atoms. The molecule has 0 saturated heterocycles. The fourth-order valence-corrected chi connectivity index (χ4v) is 4.44. The number of thiazole rings is 1. The third-order valence-corrected chi connectivity index (χ3v) is 5.74. The fraction of sp³-hybridized carbons (Fsp3) is 0.733. The highest BCUT2D eigenvalue weighted by Gasteiger charge is 2.40. The van der Waals surface area contributed by atoms with Gasteiger partial charge in [-0.1, -0.05) is 6.42 Å². The van der Waals surface area contributed by atoms with Crippen LogP contribution < -0.4 is 11.1 Å². The SMILES string of the molecule is Cl.Cl.NC1C2CCCC1CC(C(=O)NCCc1nccs1)C2. The molecule has 0 spiro atoms. The molecule has 3 N–H and O–H groups in total. The highest BCUT2D eigenvalue weighted by atomic mass is 35.5. The molecule has 2 saturated carbocycles. The first-order valence-corrected chi connectivity index (χ1v) is 8.53. The predicted molar refractivity (Wildman–Crippen MR) is 94.9 cm³/mol. The summed E-state index contributed by atoms with van der Waals surface area (Å²) in [4.78, 5) is 16.5. The van der Waals surface area contributed by atoms with Crippen molar-refractivity contribution in [2.75, 3.05) is 6.54 Å². The van der Waals surface area contributed by atoms with Crippen LogP contribution >= 0.6 is 36.2 Å². The van der Waals surface area contributed by atoms with Crippen molar-refractivity contribution in [3.05, 3.63) is 16.6 Å². The Balaban J connectivity index is 0.00000121. The summed E-state index contributed by atoms with van der Waals surface area (Å²) in [6.07, 6.45) is 8.33. The molecule has 1 aromatic rings. The van der Waals surface area contributed by atoms with Gasteiger partial charge < -0.3 is 11.1 Å². The van der Waals surface area contributed by atoms with Gasteiger partial charge in [-0.2, -0.15) is 0 Å². The van der Waals surface area contributed by atoms with Crippen molar-refractivity contribution in [1.82, 2.24) is 10.3 Å². The molecule has 2 atom stereocenters. The van der Waals surface area contributed by atoms with Crippen molar-refractivity contribution in [2.24, 2.45) is 23.5 Å². The fourth-order valence-electron chi connectivity index (χ4n) is 3.82. The molecule has 2 fully saturated rings. The summed E-state index contributed by atoms with van der Waals surface area (Å²) in [6, 6.07) is 0.336. The van der Waals surface area contributed by atoms with E-state index in [0.29, 0.717) is 24.4 Å². The third-order valence-electron chi connectivity index (χ3n) is 4.91. The Morgan fingerprint density at radius 3 is 2.59 bits per heavy atom. The summed E-state index contributed by atoms with van der Waals surface area (Å²) >= 11 is 1.65. The Morgan fingerprint density at radius 1 is 1.32 bits per heavy atom. The van der Waals surface area contributed by atoms with E-state index in [1.807, 2.05) is 11.6 Å². The maximum absolute atomic E-state index is 12.3. The molecule has 126 valence electrons. The average Bonchev–Trinajstić information content (AvgIpc) is 2.91. The van der Waals surface area contributed by atoms with Crippen molar-refractivity contribution in [1.29, 1.82) is 0 Å². The van der Waals surface area contributed by atoms with Gasteiger partial charge in [0.05, 0.1) is 5.01 Å². The van der Waals surface area contributed by atoms with E-state index in [0.717, 1.165) is 24.3 Å². The van der Waals surface area contributed by atoms with E-state index in [4.69, 9.17) is 5.73 Å². The Bertz CT molecular complexity index is 444. The predicted octanol–water partition coefficient (Wildman–Crippen LogP) is 2.80. The number of nitrogens with zero attached hydrogens (tertiary/aromatic N) is 1. The second kappa shape index (κ2) is 9.06. The number of nitrogens with one attached hydrogen (secondary N) is 1. The van der Waals surface area contributed by atoms with Crippen molar-refractivity contribution < 1.29 is 4.79 Å². The van der Waals surface area contributed by atoms with Crippen LogP contribution in [-0.2, 0) is 11.2 Å². The Morgan fingerprint density at radius 2 is 2.00 bits per heavy atom. The van der Waals surface area contributed by atoms with Gasteiger partial charge in [0, 0.05) is 36.5 Å². The second-order valence-electron chi connectivity index (χ2n) is 6.16. The van der Waals surface area contributed by atoms with Crippen LogP contribution in [0.15, 0.2) is 11.6 Å². The highest BCUT2D eigenvalue weighted by Crippen LogP contribution is 2.41. The summed E-state index contributed by atoms with van der Waals surface area (Å²) in [5.74, 6) is 1.54. The number of carbonyl (C=O) groups is 1. The van der Waals surface area contributed by atoms with Crippen LogP contribution in [0.25, 0.3) is 0 Å². The molecule has 2 aliphatic carbocycles. The standard InChI is InChI=1S/C15H23N3OS.2ClH/c16-14-10-2-1-3-11(14)9-12(8-10)15(19)18-5-4-13-17-6-7-20-13;;/h6-7,10-12,14H,1-5,8-9,16H2,(H,18,19);2*1H. The maximum Gasteiger partial charge on any atom is 0.223 e. The molecular formula is C15H25Cl2N3OS. The lowest BCUT2D eigenvalue weighted by Crippen LogP contribution is -2.49. The van der Waals surface area contributed by atoms with Gasteiger partial charge in [-0.15, -0.1) is 36.2 Å². The largest absolute Gasteiger partial charge is 0.355 e. The zero-order chi connectivity index (χ0) is 13.9. The highest BCUT2D eigenvalue weighted by molar-refractivity contribution is 7.09. The van der Waals surface area contributed by atoms with Crippen LogP contribution in [-0.4, -0.2) is 23.5 Å². The van der Waals surface area contributed by atoms with Gasteiger partial charge in [0.15, 0.2) is 0 Å². The summed E-state index contributed by atoms with van der Waals surface area (Å²) in [5.41, 5.74) is 6.27. The molecule has 1 aromatic heterocycles. The first-order valence-electron chi connectivity index (χ1n) is 7.65. The third kappa shape index (κ3) is 4.57. The average molecular weight is 366 g/mol. The van der Waals surface area contributed by atoms with E-state index in [1.165, 1.54) is 19.3 Å². The molecule has 0 aromatic carbocycles. The molecule has 2 aliphatic rings. The van der Waals surface area contributed by atoms with Crippen molar-refractivity contribution in [3.8, 4) is 0 Å². The number of rotatable bonds is 4. The number of hydrogen-bond donors (Lipinski definition) is 2. The van der Waals surface area contributed by atoms with Gasteiger partial charge in [0.1, 0.15) is 0 Å². The maximum atomic E-state index is 12.3. The number of halogens is 2. The number of fused-ring (bicyclic) bond motifs is 2. The summed E-state index contributed by atoms with van der Waals surface area (Å²) in [5, 5.41) is 6.15. The molecule has 22 heavy (non-hydrogen) atoms. The molecule has 2 unspecified atom stereocenters. The molecule has 3 rings (SSSR count). The van der Waals surface area contributed by atoms with Crippen molar-refractivity contribution in [2.45, 2.75) is 44.6 Å². The van der Waals surface area contributed by atoms with Gasteiger partial charge in [-0.05, 0) is 37.5 Å². The normalized spacial score (nSPS) is 29.9. The topological polar surface area (TPSA) is 68.0 Å². The van der Waals surface area contributed by atoms with Gasteiger partial charge in [0.25, 0.3) is 0 Å². The van der Waals surface area contributed by atoms with E-state index < -0.39 is 0 Å².